The lowest BCUT2D eigenvalue weighted by Gasteiger charge is -2.14. The van der Waals surface area contributed by atoms with E-state index >= 15 is 0 Å². The molecule has 4 nitrogen and oxygen atoms in total. The summed E-state index contributed by atoms with van der Waals surface area (Å²) < 4.78 is 5.51. The van der Waals surface area contributed by atoms with Crippen LogP contribution in [0.3, 0.4) is 0 Å². The quantitative estimate of drug-likeness (QED) is 0.688. The molecule has 21 heavy (non-hydrogen) atoms. The summed E-state index contributed by atoms with van der Waals surface area (Å²) in [7, 11) is 0. The van der Waals surface area contributed by atoms with E-state index in [2.05, 4.69) is 24.5 Å². The van der Waals surface area contributed by atoms with E-state index in [1.54, 1.807) is 0 Å². The Labute approximate surface area is 128 Å². The van der Waals surface area contributed by atoms with Gasteiger partial charge in [-0.25, -0.2) is 0 Å². The van der Waals surface area contributed by atoms with E-state index < -0.39 is 0 Å². The number of nitrogens with one attached hydrogen (secondary N) is 2. The van der Waals surface area contributed by atoms with E-state index in [0.717, 1.165) is 18.7 Å². The number of anilines is 1. The first-order chi connectivity index (χ1) is 9.99. The molecule has 0 fully saturated rings. The fourth-order valence-corrected chi connectivity index (χ4v) is 1.75. The minimum Gasteiger partial charge on any atom is -0.380 e. The molecule has 0 aromatic heterocycles. The van der Waals surface area contributed by atoms with Crippen LogP contribution in [0.5, 0.6) is 0 Å². The molecule has 4 heteroatoms. The van der Waals surface area contributed by atoms with Gasteiger partial charge in [0, 0.05) is 18.8 Å². The molecule has 118 valence electrons. The molecule has 1 aromatic rings. The minimum atomic E-state index is -0.236. The van der Waals surface area contributed by atoms with Gasteiger partial charge < -0.3 is 15.4 Å². The van der Waals surface area contributed by atoms with Crippen LogP contribution in [0.15, 0.2) is 24.3 Å². The highest BCUT2D eigenvalue weighted by atomic mass is 16.5. The average molecular weight is 292 g/mol. The molecule has 0 aliphatic carbocycles. The molecule has 2 N–H and O–H groups in total. The second-order valence-electron chi connectivity index (χ2n) is 5.83. The maximum absolute atomic E-state index is 12.0. The number of carbonyl (C=O) groups excluding carboxylic acids is 1. The van der Waals surface area contributed by atoms with Crippen molar-refractivity contribution in [1.29, 1.82) is 0 Å². The average Bonchev–Trinajstić information content (AvgIpc) is 2.44. The third kappa shape index (κ3) is 7.83. The van der Waals surface area contributed by atoms with Crippen molar-refractivity contribution in [2.24, 2.45) is 5.92 Å². The second kappa shape index (κ2) is 9.53. The van der Waals surface area contributed by atoms with Crippen molar-refractivity contribution in [2.75, 3.05) is 25.1 Å². The summed E-state index contributed by atoms with van der Waals surface area (Å²) in [5.74, 6) is 0.637. The van der Waals surface area contributed by atoms with Crippen molar-refractivity contribution in [3.8, 4) is 0 Å². The third-order valence-corrected chi connectivity index (χ3v) is 3.25. The van der Waals surface area contributed by atoms with Gasteiger partial charge in [0.2, 0.25) is 5.91 Å². The van der Waals surface area contributed by atoms with Crippen LogP contribution in [0.4, 0.5) is 5.69 Å². The first kappa shape index (κ1) is 17.7. The fraction of sp³-hybridized carbons (Fsp3) is 0.588. The highest BCUT2D eigenvalue weighted by molar-refractivity contribution is 5.94. The number of amides is 1. The Kier molecular flexibility index (Phi) is 8.01. The van der Waals surface area contributed by atoms with Gasteiger partial charge >= 0.3 is 0 Å². The lowest BCUT2D eigenvalue weighted by molar-refractivity contribution is -0.117. The van der Waals surface area contributed by atoms with Gasteiger partial charge in [0.1, 0.15) is 0 Å². The SMILES string of the molecule is Cc1ccc(NC(=O)C(C)NCCOCCC(C)C)cc1. The summed E-state index contributed by atoms with van der Waals surface area (Å²) in [6, 6.07) is 7.55. The molecule has 1 unspecified atom stereocenters. The predicted octanol–water partition coefficient (Wildman–Crippen LogP) is 2.97. The summed E-state index contributed by atoms with van der Waals surface area (Å²) in [4.78, 5) is 12.0. The van der Waals surface area contributed by atoms with Crippen LogP contribution in [0, 0.1) is 12.8 Å². The van der Waals surface area contributed by atoms with Crippen LogP contribution in [0.2, 0.25) is 0 Å². The summed E-state index contributed by atoms with van der Waals surface area (Å²) in [5.41, 5.74) is 2.00. The highest BCUT2D eigenvalue weighted by Crippen LogP contribution is 2.08. The zero-order valence-electron chi connectivity index (χ0n) is 13.6. The van der Waals surface area contributed by atoms with Crippen LogP contribution in [0.1, 0.15) is 32.8 Å². The Morgan fingerprint density at radius 2 is 1.81 bits per heavy atom. The van der Waals surface area contributed by atoms with E-state index in [4.69, 9.17) is 4.74 Å². The first-order valence-electron chi connectivity index (χ1n) is 7.67. The molecular weight excluding hydrogens is 264 g/mol. The first-order valence-corrected chi connectivity index (χ1v) is 7.67. The Morgan fingerprint density at radius 1 is 1.14 bits per heavy atom. The molecule has 1 amide bonds. The van der Waals surface area contributed by atoms with Gasteiger partial charge in [-0.1, -0.05) is 31.5 Å². The minimum absolute atomic E-state index is 0.0268. The van der Waals surface area contributed by atoms with Crippen molar-refractivity contribution in [1.82, 2.24) is 5.32 Å². The largest absolute Gasteiger partial charge is 0.380 e. The van der Waals surface area contributed by atoms with Gasteiger partial charge in [-0.2, -0.15) is 0 Å². The summed E-state index contributed by atoms with van der Waals surface area (Å²) >= 11 is 0. The maximum atomic E-state index is 12.0. The van der Waals surface area contributed by atoms with Gasteiger partial charge in [0.05, 0.1) is 12.6 Å². The van der Waals surface area contributed by atoms with Crippen LogP contribution >= 0.6 is 0 Å². The number of ether oxygens (including phenoxy) is 1. The third-order valence-electron chi connectivity index (χ3n) is 3.25. The van der Waals surface area contributed by atoms with Gasteiger partial charge in [0.15, 0.2) is 0 Å². The molecule has 0 spiro atoms. The molecule has 0 radical (unpaired) electrons. The lowest BCUT2D eigenvalue weighted by Crippen LogP contribution is -2.39. The zero-order chi connectivity index (χ0) is 15.7. The molecule has 0 bridgehead atoms. The lowest BCUT2D eigenvalue weighted by atomic mass is 10.1. The van der Waals surface area contributed by atoms with E-state index in [-0.39, 0.29) is 11.9 Å². The monoisotopic (exact) mass is 292 g/mol. The van der Waals surface area contributed by atoms with Gasteiger partial charge in [-0.15, -0.1) is 0 Å². The molecule has 1 aromatic carbocycles. The smallest absolute Gasteiger partial charge is 0.241 e. The van der Waals surface area contributed by atoms with E-state index in [1.165, 1.54) is 5.56 Å². The zero-order valence-corrected chi connectivity index (χ0v) is 13.6. The van der Waals surface area contributed by atoms with Crippen LogP contribution < -0.4 is 10.6 Å². The molecule has 0 saturated heterocycles. The molecule has 1 rings (SSSR count). The van der Waals surface area contributed by atoms with E-state index in [9.17, 15) is 4.79 Å². The number of carbonyl (C=O) groups is 1. The van der Waals surface area contributed by atoms with Crippen molar-refractivity contribution in [2.45, 2.75) is 40.2 Å². The molecular formula is C17H28N2O2. The molecule has 0 heterocycles. The molecule has 1 atom stereocenters. The maximum Gasteiger partial charge on any atom is 0.241 e. The van der Waals surface area contributed by atoms with Crippen molar-refractivity contribution >= 4 is 11.6 Å². The highest BCUT2D eigenvalue weighted by Gasteiger charge is 2.11. The van der Waals surface area contributed by atoms with Crippen LogP contribution in [0.25, 0.3) is 0 Å². The Balaban J connectivity index is 2.18. The number of rotatable bonds is 9. The van der Waals surface area contributed by atoms with Gasteiger partial charge in [-0.05, 0) is 38.3 Å². The predicted molar refractivity (Wildman–Crippen MR) is 87.5 cm³/mol. The fourth-order valence-electron chi connectivity index (χ4n) is 1.75. The molecule has 0 saturated carbocycles. The Hall–Kier alpha value is -1.39. The number of hydrogen-bond acceptors (Lipinski definition) is 3. The van der Waals surface area contributed by atoms with Crippen molar-refractivity contribution in [3.05, 3.63) is 29.8 Å². The van der Waals surface area contributed by atoms with Crippen molar-refractivity contribution in [3.63, 3.8) is 0 Å². The van der Waals surface area contributed by atoms with E-state index in [0.29, 0.717) is 19.1 Å². The molecule has 0 aliphatic heterocycles. The normalized spacial score (nSPS) is 12.4. The van der Waals surface area contributed by atoms with E-state index in [1.807, 2.05) is 38.1 Å². The summed E-state index contributed by atoms with van der Waals surface area (Å²) in [5, 5.41) is 6.06. The van der Waals surface area contributed by atoms with Crippen molar-refractivity contribution < 1.29 is 9.53 Å². The standard InChI is InChI=1S/C17H28N2O2/c1-13(2)9-11-21-12-10-18-15(4)17(20)19-16-7-5-14(3)6-8-16/h5-8,13,15,18H,9-12H2,1-4H3,(H,19,20). The number of aryl methyl sites for hydroxylation is 1. The van der Waals surface area contributed by atoms with Gasteiger partial charge in [-0.3, -0.25) is 4.79 Å². The summed E-state index contributed by atoms with van der Waals surface area (Å²) in [6.07, 6.45) is 1.07. The number of hydrogen-bond donors (Lipinski definition) is 2. The topological polar surface area (TPSA) is 50.4 Å². The summed E-state index contributed by atoms with van der Waals surface area (Å²) in [6.45, 7) is 10.3. The van der Waals surface area contributed by atoms with Crippen LogP contribution in [-0.2, 0) is 9.53 Å². The second-order valence-corrected chi connectivity index (χ2v) is 5.83. The number of benzene rings is 1. The Bertz CT molecular complexity index is 415. The van der Waals surface area contributed by atoms with Crippen LogP contribution in [-0.4, -0.2) is 31.7 Å². The Morgan fingerprint density at radius 3 is 2.43 bits per heavy atom. The van der Waals surface area contributed by atoms with Gasteiger partial charge in [0.25, 0.3) is 0 Å². The molecule has 0 aliphatic rings.